The summed E-state index contributed by atoms with van der Waals surface area (Å²) >= 11 is 0. The van der Waals surface area contributed by atoms with E-state index in [9.17, 15) is 18.3 Å². The number of anilines is 2. The van der Waals surface area contributed by atoms with Crippen molar-refractivity contribution < 1.29 is 18.3 Å². The Morgan fingerprint density at radius 1 is 1.00 bits per heavy atom. The van der Waals surface area contributed by atoms with Gasteiger partial charge in [-0.15, -0.1) is 0 Å². The molecule has 4 rings (SSSR count). The molecule has 31 heavy (non-hydrogen) atoms. The number of nitrogens with zero attached hydrogens (tertiary/aromatic N) is 2. The van der Waals surface area contributed by atoms with Crippen molar-refractivity contribution in [2.75, 3.05) is 16.3 Å². The van der Waals surface area contributed by atoms with Crippen molar-refractivity contribution >= 4 is 38.2 Å². The predicted octanol–water partition coefficient (Wildman–Crippen LogP) is 3.57. The minimum absolute atomic E-state index is 0.0126. The van der Waals surface area contributed by atoms with Crippen LogP contribution in [0.3, 0.4) is 0 Å². The summed E-state index contributed by atoms with van der Waals surface area (Å²) in [6.45, 7) is 0. The number of amides is 1. The monoisotopic (exact) mass is 436 g/mol. The number of fused-ring (bicyclic) bond motifs is 1. The maximum atomic E-state index is 12.6. The number of benzene rings is 3. The topological polar surface area (TPSA) is 113 Å². The molecule has 0 unspecified atom stereocenters. The van der Waals surface area contributed by atoms with Crippen LogP contribution in [0.25, 0.3) is 22.0 Å². The van der Waals surface area contributed by atoms with Gasteiger partial charge in [-0.25, -0.2) is 8.42 Å². The minimum atomic E-state index is -3.57. The van der Waals surface area contributed by atoms with Crippen LogP contribution in [0.15, 0.2) is 66.9 Å². The van der Waals surface area contributed by atoms with Gasteiger partial charge in [-0.05, 0) is 53.6 Å². The number of sulfonamides is 1. The van der Waals surface area contributed by atoms with E-state index in [-0.39, 0.29) is 17.3 Å². The number of aromatic hydroxyl groups is 1. The molecular weight excluding hydrogens is 416 g/mol. The Kier molecular flexibility index (Phi) is 5.12. The van der Waals surface area contributed by atoms with Gasteiger partial charge < -0.3 is 10.4 Å². The van der Waals surface area contributed by atoms with E-state index in [4.69, 9.17) is 0 Å². The highest BCUT2D eigenvalue weighted by molar-refractivity contribution is 7.92. The molecule has 158 valence electrons. The van der Waals surface area contributed by atoms with Crippen LogP contribution in [0, 0.1) is 0 Å². The van der Waals surface area contributed by atoms with E-state index in [1.165, 1.54) is 18.2 Å². The Hall–Kier alpha value is -3.85. The highest BCUT2D eigenvalue weighted by atomic mass is 32.2. The van der Waals surface area contributed by atoms with Crippen molar-refractivity contribution in [3.63, 3.8) is 0 Å². The first-order chi connectivity index (χ1) is 14.7. The Balaban J connectivity index is 1.52. The van der Waals surface area contributed by atoms with Gasteiger partial charge in [-0.3, -0.25) is 14.2 Å². The zero-order valence-corrected chi connectivity index (χ0v) is 17.6. The van der Waals surface area contributed by atoms with Crippen LogP contribution in [-0.2, 0) is 17.1 Å². The maximum absolute atomic E-state index is 12.6. The molecule has 9 heteroatoms. The summed E-state index contributed by atoms with van der Waals surface area (Å²) in [5.41, 5.74) is 3.80. The number of hydrogen-bond donors (Lipinski definition) is 3. The Labute approximate surface area is 179 Å². The molecule has 0 fully saturated rings. The number of aromatic nitrogens is 2. The van der Waals surface area contributed by atoms with Gasteiger partial charge in [0.1, 0.15) is 5.75 Å². The van der Waals surface area contributed by atoms with Crippen LogP contribution < -0.4 is 10.0 Å². The zero-order valence-electron chi connectivity index (χ0n) is 16.8. The van der Waals surface area contributed by atoms with E-state index in [1.807, 2.05) is 48.3 Å². The third-order valence-electron chi connectivity index (χ3n) is 4.78. The molecule has 0 aliphatic heterocycles. The fourth-order valence-electron chi connectivity index (χ4n) is 3.26. The molecule has 0 bridgehead atoms. The molecule has 1 amide bonds. The second-order valence-corrected chi connectivity index (χ2v) is 8.93. The lowest BCUT2D eigenvalue weighted by molar-refractivity contribution is 0.102. The molecule has 4 aromatic rings. The van der Waals surface area contributed by atoms with E-state index in [0.29, 0.717) is 11.3 Å². The average Bonchev–Trinajstić information content (AvgIpc) is 3.10. The average molecular weight is 436 g/mol. The summed E-state index contributed by atoms with van der Waals surface area (Å²) in [6.07, 6.45) is 2.79. The van der Waals surface area contributed by atoms with Crippen LogP contribution in [0.1, 0.15) is 10.4 Å². The summed E-state index contributed by atoms with van der Waals surface area (Å²) in [6, 6.07) is 17.4. The van der Waals surface area contributed by atoms with E-state index < -0.39 is 10.0 Å². The lowest BCUT2D eigenvalue weighted by atomic mass is 10.0. The van der Waals surface area contributed by atoms with Crippen molar-refractivity contribution in [2.24, 2.45) is 7.05 Å². The number of carbonyl (C=O) groups is 1. The Bertz CT molecular complexity index is 1390. The molecule has 0 saturated heterocycles. The summed E-state index contributed by atoms with van der Waals surface area (Å²) in [7, 11) is -1.68. The van der Waals surface area contributed by atoms with Gasteiger partial charge in [0, 0.05) is 23.7 Å². The second-order valence-electron chi connectivity index (χ2n) is 7.18. The van der Waals surface area contributed by atoms with Gasteiger partial charge >= 0.3 is 0 Å². The number of hydrogen-bond acceptors (Lipinski definition) is 5. The van der Waals surface area contributed by atoms with E-state index in [1.54, 1.807) is 12.1 Å². The highest BCUT2D eigenvalue weighted by Crippen LogP contribution is 2.28. The fraction of sp³-hybridized carbons (Fsp3) is 0.0909. The number of aryl methyl sites for hydroxylation is 1. The summed E-state index contributed by atoms with van der Waals surface area (Å²) in [4.78, 5) is 12.6. The number of carbonyl (C=O) groups excluding carboxylic acids is 1. The maximum Gasteiger partial charge on any atom is 0.255 e. The first kappa shape index (κ1) is 20.4. The normalized spacial score (nSPS) is 11.4. The molecule has 0 aliphatic rings. The predicted molar refractivity (Wildman–Crippen MR) is 121 cm³/mol. The van der Waals surface area contributed by atoms with Gasteiger partial charge in [-0.2, -0.15) is 5.10 Å². The van der Waals surface area contributed by atoms with E-state index >= 15 is 0 Å². The third kappa shape index (κ3) is 4.51. The van der Waals surface area contributed by atoms with Crippen molar-refractivity contribution in [3.05, 3.63) is 72.4 Å². The van der Waals surface area contributed by atoms with Gasteiger partial charge in [0.15, 0.2) is 0 Å². The number of rotatable bonds is 5. The number of phenolic OH excluding ortho intramolecular Hbond substituents is 1. The van der Waals surface area contributed by atoms with Gasteiger partial charge in [0.05, 0.1) is 23.7 Å². The first-order valence-corrected chi connectivity index (χ1v) is 11.2. The molecule has 1 heterocycles. The summed E-state index contributed by atoms with van der Waals surface area (Å²) < 4.78 is 26.9. The van der Waals surface area contributed by atoms with Crippen LogP contribution in [-0.4, -0.2) is 35.5 Å². The molecule has 0 aliphatic carbocycles. The largest absolute Gasteiger partial charge is 0.506 e. The highest BCUT2D eigenvalue weighted by Gasteiger charge is 2.11. The Morgan fingerprint density at radius 2 is 1.71 bits per heavy atom. The van der Waals surface area contributed by atoms with Gasteiger partial charge in [0.2, 0.25) is 10.0 Å². The van der Waals surface area contributed by atoms with Crippen molar-refractivity contribution in [3.8, 4) is 16.9 Å². The third-order valence-corrected chi connectivity index (χ3v) is 5.37. The van der Waals surface area contributed by atoms with Gasteiger partial charge in [-0.1, -0.05) is 18.2 Å². The van der Waals surface area contributed by atoms with Crippen LogP contribution in [0.5, 0.6) is 5.75 Å². The lowest BCUT2D eigenvalue weighted by Gasteiger charge is -2.10. The van der Waals surface area contributed by atoms with Crippen LogP contribution >= 0.6 is 0 Å². The number of nitrogens with one attached hydrogen (secondary N) is 2. The summed E-state index contributed by atoms with van der Waals surface area (Å²) in [5, 5.41) is 17.8. The quantitative estimate of drug-likeness (QED) is 0.327. The van der Waals surface area contributed by atoms with E-state index in [2.05, 4.69) is 15.1 Å². The zero-order chi connectivity index (χ0) is 22.2. The second kappa shape index (κ2) is 7.77. The molecule has 0 saturated carbocycles. The first-order valence-electron chi connectivity index (χ1n) is 9.34. The van der Waals surface area contributed by atoms with Crippen molar-refractivity contribution in [2.45, 2.75) is 0 Å². The standard InChI is InChI=1S/C22H20N4O4S/c1-26-20-9-7-16(11-17(20)13-23-26)14-3-5-15(6-4-14)22(28)24-18-8-10-21(27)19(12-18)25-31(2,29)30/h3-13,25,27H,1-2H3,(H,24,28). The molecule has 0 atom stereocenters. The van der Waals surface area contributed by atoms with E-state index in [0.717, 1.165) is 28.3 Å². The molecule has 1 aromatic heterocycles. The molecule has 8 nitrogen and oxygen atoms in total. The molecule has 3 aromatic carbocycles. The van der Waals surface area contributed by atoms with Crippen LogP contribution in [0.4, 0.5) is 11.4 Å². The Morgan fingerprint density at radius 3 is 2.42 bits per heavy atom. The molecule has 0 radical (unpaired) electrons. The lowest BCUT2D eigenvalue weighted by Crippen LogP contribution is -2.13. The fourth-order valence-corrected chi connectivity index (χ4v) is 3.82. The number of phenols is 1. The molecule has 3 N–H and O–H groups in total. The van der Waals surface area contributed by atoms with Crippen molar-refractivity contribution in [1.82, 2.24) is 9.78 Å². The molecular formula is C22H20N4O4S. The summed E-state index contributed by atoms with van der Waals surface area (Å²) in [5.74, 6) is -0.594. The van der Waals surface area contributed by atoms with Gasteiger partial charge in [0.25, 0.3) is 5.91 Å². The SMILES string of the molecule is Cn1ncc2cc(-c3ccc(C(=O)Nc4ccc(O)c(NS(C)(=O)=O)c4)cc3)ccc21. The minimum Gasteiger partial charge on any atom is -0.506 e. The van der Waals surface area contributed by atoms with Crippen molar-refractivity contribution in [1.29, 1.82) is 0 Å². The smallest absolute Gasteiger partial charge is 0.255 e. The molecule has 0 spiro atoms. The van der Waals surface area contributed by atoms with Crippen LogP contribution in [0.2, 0.25) is 0 Å².